The van der Waals surface area contributed by atoms with E-state index in [1.165, 1.54) is 18.7 Å². The molecule has 30 heavy (non-hydrogen) atoms. The molecule has 2 heterocycles. The second-order valence-corrected chi connectivity index (χ2v) is 7.95. The third kappa shape index (κ3) is 4.09. The Morgan fingerprint density at radius 2 is 1.87 bits per heavy atom. The van der Waals surface area contributed by atoms with Crippen LogP contribution in [0, 0.1) is 0 Å². The fraction of sp³-hybridized carbons (Fsp3) is 0.350. The summed E-state index contributed by atoms with van der Waals surface area (Å²) in [5.41, 5.74) is -0.143. The Labute approximate surface area is 177 Å². The average Bonchev–Trinajstić information content (AvgIpc) is 2.74. The van der Waals surface area contributed by atoms with Crippen LogP contribution in [-0.2, 0) is 18.9 Å². The van der Waals surface area contributed by atoms with Crippen molar-refractivity contribution in [2.45, 2.75) is 24.8 Å². The molecule has 158 valence electrons. The molecule has 0 aliphatic carbocycles. The number of hydrogen-bond acceptors (Lipinski definition) is 7. The molecule has 0 aliphatic rings. The molecule has 0 fully saturated rings. The first-order valence-electron chi connectivity index (χ1n) is 9.28. The van der Waals surface area contributed by atoms with E-state index in [4.69, 9.17) is 4.74 Å². The van der Waals surface area contributed by atoms with Gasteiger partial charge in [-0.3, -0.25) is 18.7 Å². The van der Waals surface area contributed by atoms with E-state index in [9.17, 15) is 14.4 Å². The van der Waals surface area contributed by atoms with Crippen molar-refractivity contribution in [3.05, 3.63) is 50.9 Å². The van der Waals surface area contributed by atoms with E-state index >= 15 is 0 Å². The van der Waals surface area contributed by atoms with E-state index < -0.39 is 11.2 Å². The predicted molar refractivity (Wildman–Crippen MR) is 116 cm³/mol. The molecule has 1 amide bonds. The lowest BCUT2D eigenvalue weighted by Gasteiger charge is -2.13. The van der Waals surface area contributed by atoms with Gasteiger partial charge in [-0.1, -0.05) is 37.7 Å². The van der Waals surface area contributed by atoms with Gasteiger partial charge < -0.3 is 10.1 Å². The minimum Gasteiger partial charge on any atom is -0.495 e. The summed E-state index contributed by atoms with van der Waals surface area (Å²) in [6.07, 6.45) is 0. The van der Waals surface area contributed by atoms with E-state index in [-0.39, 0.29) is 28.6 Å². The van der Waals surface area contributed by atoms with Crippen molar-refractivity contribution in [3.63, 3.8) is 0 Å². The smallest absolute Gasteiger partial charge is 0.332 e. The molecule has 2 aromatic heterocycles. The predicted octanol–water partition coefficient (Wildman–Crippen LogP) is 1.89. The molecule has 0 atom stereocenters. The van der Waals surface area contributed by atoms with Crippen LogP contribution in [0.5, 0.6) is 5.75 Å². The zero-order chi connectivity index (χ0) is 22.0. The summed E-state index contributed by atoms with van der Waals surface area (Å²) in [5, 5.41) is 3.39. The summed E-state index contributed by atoms with van der Waals surface area (Å²) in [7, 11) is 4.49. The topological polar surface area (TPSA) is 108 Å². The zero-order valence-electron chi connectivity index (χ0n) is 17.4. The molecule has 3 aromatic rings. The molecule has 0 radical (unpaired) electrons. The molecule has 0 saturated carbocycles. The number of nitrogens with zero attached hydrogens (tertiary/aromatic N) is 4. The summed E-state index contributed by atoms with van der Waals surface area (Å²) < 4.78 is 7.58. The van der Waals surface area contributed by atoms with Crippen LogP contribution in [0.2, 0.25) is 0 Å². The normalized spacial score (nSPS) is 11.1. The number of ether oxygens (including phenoxy) is 1. The zero-order valence-corrected chi connectivity index (χ0v) is 18.2. The van der Waals surface area contributed by atoms with Crippen LogP contribution >= 0.6 is 11.8 Å². The van der Waals surface area contributed by atoms with Crippen LogP contribution in [0.3, 0.4) is 0 Å². The summed E-state index contributed by atoms with van der Waals surface area (Å²) in [4.78, 5) is 46.5. The molecule has 0 bridgehead atoms. The largest absolute Gasteiger partial charge is 0.495 e. The molecule has 0 unspecified atom stereocenters. The Morgan fingerprint density at radius 1 is 1.17 bits per heavy atom. The molecular weight excluding hydrogens is 406 g/mol. The quantitative estimate of drug-likeness (QED) is 0.471. The van der Waals surface area contributed by atoms with E-state index in [2.05, 4.69) is 15.3 Å². The van der Waals surface area contributed by atoms with Crippen molar-refractivity contribution >= 4 is 34.4 Å². The summed E-state index contributed by atoms with van der Waals surface area (Å²) >= 11 is 1.13. The van der Waals surface area contributed by atoms with Crippen LogP contribution in [0.25, 0.3) is 11.0 Å². The van der Waals surface area contributed by atoms with E-state index in [1.807, 2.05) is 19.9 Å². The number of para-hydroxylation sites is 2. The number of amides is 1. The van der Waals surface area contributed by atoms with Gasteiger partial charge in [0.15, 0.2) is 5.65 Å². The van der Waals surface area contributed by atoms with Gasteiger partial charge in [-0.25, -0.2) is 14.8 Å². The van der Waals surface area contributed by atoms with Crippen molar-refractivity contribution in [1.29, 1.82) is 0 Å². The van der Waals surface area contributed by atoms with Gasteiger partial charge in [0.25, 0.3) is 5.56 Å². The standard InChI is InChI=1S/C20H23N5O4S/c1-11(2)16-22-17-15(19(27)25(4)20(28)24(17)3)18(23-16)30-10-14(26)21-12-8-6-7-9-13(12)29-5/h6-9,11H,10H2,1-5H3,(H,21,26). The highest BCUT2D eigenvalue weighted by Crippen LogP contribution is 2.26. The SMILES string of the molecule is COc1ccccc1NC(=O)CSc1nc(C(C)C)nc2c1c(=O)n(C)c(=O)n2C. The number of thioether (sulfide) groups is 1. The number of carbonyl (C=O) groups excluding carboxylic acids is 1. The number of fused-ring (bicyclic) bond motifs is 1. The Bertz CT molecular complexity index is 1230. The van der Waals surface area contributed by atoms with Crippen molar-refractivity contribution in [2.75, 3.05) is 18.2 Å². The first kappa shape index (κ1) is 21.6. The second kappa shape index (κ2) is 8.70. The van der Waals surface area contributed by atoms with Crippen LogP contribution < -0.4 is 21.3 Å². The number of methoxy groups -OCH3 is 1. The van der Waals surface area contributed by atoms with Gasteiger partial charge >= 0.3 is 5.69 Å². The number of benzene rings is 1. The number of hydrogen-bond donors (Lipinski definition) is 1. The van der Waals surface area contributed by atoms with Gasteiger partial charge in [0.1, 0.15) is 22.0 Å². The molecule has 1 aromatic carbocycles. The Morgan fingerprint density at radius 3 is 2.53 bits per heavy atom. The Kier molecular flexibility index (Phi) is 6.25. The monoisotopic (exact) mass is 429 g/mol. The van der Waals surface area contributed by atoms with Crippen LogP contribution in [-0.4, -0.2) is 37.9 Å². The molecule has 10 heteroatoms. The molecule has 1 N–H and O–H groups in total. The molecule has 3 rings (SSSR count). The number of carbonyl (C=O) groups is 1. The van der Waals surface area contributed by atoms with Gasteiger partial charge in [0.2, 0.25) is 5.91 Å². The van der Waals surface area contributed by atoms with Crippen molar-refractivity contribution in [2.24, 2.45) is 14.1 Å². The highest BCUT2D eigenvalue weighted by Gasteiger charge is 2.19. The highest BCUT2D eigenvalue weighted by atomic mass is 32.2. The minimum atomic E-state index is -0.490. The fourth-order valence-electron chi connectivity index (χ4n) is 2.88. The van der Waals surface area contributed by atoms with Gasteiger partial charge in [-0.15, -0.1) is 0 Å². The number of aryl methyl sites for hydroxylation is 1. The van der Waals surface area contributed by atoms with Crippen molar-refractivity contribution in [1.82, 2.24) is 19.1 Å². The summed E-state index contributed by atoms with van der Waals surface area (Å²) in [6, 6.07) is 7.09. The minimum absolute atomic E-state index is 0.0182. The fourth-order valence-corrected chi connectivity index (χ4v) is 3.70. The Balaban J connectivity index is 1.98. The third-order valence-corrected chi connectivity index (χ3v) is 5.50. The third-order valence-electron chi connectivity index (χ3n) is 4.52. The first-order chi connectivity index (χ1) is 14.2. The van der Waals surface area contributed by atoms with Crippen molar-refractivity contribution < 1.29 is 9.53 Å². The highest BCUT2D eigenvalue weighted by molar-refractivity contribution is 8.00. The molecule has 0 aliphatic heterocycles. The van der Waals surface area contributed by atoms with Crippen LogP contribution in [0.1, 0.15) is 25.6 Å². The number of anilines is 1. The maximum atomic E-state index is 12.8. The molecule has 0 spiro atoms. The molecule has 9 nitrogen and oxygen atoms in total. The van der Waals surface area contributed by atoms with Gasteiger partial charge in [0.05, 0.1) is 18.6 Å². The van der Waals surface area contributed by atoms with Gasteiger partial charge in [0, 0.05) is 20.0 Å². The Hall–Kier alpha value is -3.14. The lowest BCUT2D eigenvalue weighted by atomic mass is 10.2. The molecular formula is C20H23N5O4S. The number of nitrogens with one attached hydrogen (secondary N) is 1. The van der Waals surface area contributed by atoms with Gasteiger partial charge in [-0.05, 0) is 12.1 Å². The molecule has 0 saturated heterocycles. The van der Waals surface area contributed by atoms with Crippen LogP contribution in [0.15, 0.2) is 38.9 Å². The first-order valence-corrected chi connectivity index (χ1v) is 10.3. The van der Waals surface area contributed by atoms with Gasteiger partial charge in [-0.2, -0.15) is 0 Å². The summed E-state index contributed by atoms with van der Waals surface area (Å²) in [6.45, 7) is 3.84. The summed E-state index contributed by atoms with van der Waals surface area (Å²) in [5.74, 6) is 0.778. The maximum Gasteiger partial charge on any atom is 0.332 e. The number of rotatable bonds is 6. The van der Waals surface area contributed by atoms with Crippen molar-refractivity contribution in [3.8, 4) is 5.75 Å². The van der Waals surface area contributed by atoms with E-state index in [1.54, 1.807) is 25.2 Å². The average molecular weight is 430 g/mol. The second-order valence-electron chi connectivity index (χ2n) is 6.98. The lowest BCUT2D eigenvalue weighted by molar-refractivity contribution is -0.113. The van der Waals surface area contributed by atoms with Crippen LogP contribution in [0.4, 0.5) is 5.69 Å². The lowest BCUT2D eigenvalue weighted by Crippen LogP contribution is -2.38. The van der Waals surface area contributed by atoms with E-state index in [0.717, 1.165) is 16.3 Å². The maximum absolute atomic E-state index is 12.8. The van der Waals surface area contributed by atoms with E-state index in [0.29, 0.717) is 22.3 Å². The number of aromatic nitrogens is 4.